The molecule has 4 rings (SSSR count). The van der Waals surface area contributed by atoms with Gasteiger partial charge in [-0.1, -0.05) is 37.6 Å². The summed E-state index contributed by atoms with van der Waals surface area (Å²) < 4.78 is 5.72. The second kappa shape index (κ2) is 9.18. The maximum Gasteiger partial charge on any atom is 0.282 e. The van der Waals surface area contributed by atoms with E-state index in [-0.39, 0.29) is 11.6 Å². The number of amides is 2. The molecule has 0 unspecified atom stereocenters. The van der Waals surface area contributed by atoms with Crippen LogP contribution in [0.4, 0.5) is 11.4 Å². The van der Waals surface area contributed by atoms with Crippen LogP contribution in [0.3, 0.4) is 0 Å². The highest BCUT2D eigenvalue weighted by atomic mass is 35.5. The van der Waals surface area contributed by atoms with Crippen molar-refractivity contribution in [3.8, 4) is 5.75 Å². The lowest BCUT2D eigenvalue weighted by molar-refractivity contribution is -0.120. The Morgan fingerprint density at radius 2 is 1.78 bits per heavy atom. The van der Waals surface area contributed by atoms with Crippen molar-refractivity contribution in [1.29, 1.82) is 0 Å². The maximum absolute atomic E-state index is 13.4. The fraction of sp³-hybridized carbons (Fsp3) is 0.200. The molecule has 3 aromatic rings. The average molecular weight is 467 g/mol. The minimum Gasteiger partial charge on any atom is -0.493 e. The van der Waals surface area contributed by atoms with Crippen LogP contribution in [0, 0.1) is 12.8 Å². The Bertz CT molecular complexity index is 1180. The third-order valence-corrected chi connectivity index (χ3v) is 6.35. The first-order valence-electron chi connectivity index (χ1n) is 10.3. The van der Waals surface area contributed by atoms with Crippen LogP contribution in [-0.4, -0.2) is 18.4 Å². The lowest BCUT2D eigenvalue weighted by atomic mass is 10.1. The van der Waals surface area contributed by atoms with E-state index in [1.54, 1.807) is 36.4 Å². The summed E-state index contributed by atoms with van der Waals surface area (Å²) in [6, 6.07) is 16.1. The number of anilines is 2. The van der Waals surface area contributed by atoms with E-state index in [4.69, 9.17) is 16.3 Å². The molecule has 1 aliphatic rings. The number of nitrogens with zero attached hydrogens (tertiary/aromatic N) is 1. The third-order valence-electron chi connectivity index (χ3n) is 5.06. The van der Waals surface area contributed by atoms with Crippen molar-refractivity contribution in [1.82, 2.24) is 0 Å². The Hall–Kier alpha value is -3.09. The fourth-order valence-corrected chi connectivity index (χ4v) is 4.30. The van der Waals surface area contributed by atoms with Crippen molar-refractivity contribution < 1.29 is 14.3 Å². The smallest absolute Gasteiger partial charge is 0.282 e. The molecule has 5 nitrogen and oxygen atoms in total. The van der Waals surface area contributed by atoms with Gasteiger partial charge >= 0.3 is 0 Å². The number of imide groups is 1. The zero-order valence-electron chi connectivity index (χ0n) is 18.0. The van der Waals surface area contributed by atoms with Crippen LogP contribution in [-0.2, 0) is 9.59 Å². The van der Waals surface area contributed by atoms with Crippen LogP contribution < -0.4 is 15.0 Å². The predicted octanol–water partition coefficient (Wildman–Crippen LogP) is 6.14. The zero-order valence-corrected chi connectivity index (χ0v) is 19.6. The van der Waals surface area contributed by atoms with Crippen LogP contribution in [0.2, 0.25) is 5.02 Å². The van der Waals surface area contributed by atoms with Crippen LogP contribution in [0.5, 0.6) is 5.75 Å². The van der Waals surface area contributed by atoms with Crippen molar-refractivity contribution in [2.24, 2.45) is 5.92 Å². The minimum atomic E-state index is -0.409. The summed E-state index contributed by atoms with van der Waals surface area (Å²) in [5.74, 6) is 0.322. The number of nitrogens with one attached hydrogen (secondary N) is 1. The molecule has 2 aromatic carbocycles. The van der Waals surface area contributed by atoms with Crippen LogP contribution in [0.1, 0.15) is 24.3 Å². The third kappa shape index (κ3) is 4.29. The normalized spacial score (nSPS) is 14.0. The highest BCUT2D eigenvalue weighted by molar-refractivity contribution is 7.11. The standard InChI is InChI=1S/C25H23ClN2O3S/c1-15(2)14-31-18-11-9-17(10-12-18)28-24(29)22(21-8-5-13-32-21)23(25(28)30)27-20-7-4-6-19(26)16(20)3/h4-13,15,27H,14H2,1-3H3. The van der Waals surface area contributed by atoms with E-state index in [1.165, 1.54) is 16.2 Å². The van der Waals surface area contributed by atoms with Crippen molar-refractivity contribution in [2.45, 2.75) is 20.8 Å². The van der Waals surface area contributed by atoms with Crippen molar-refractivity contribution >= 4 is 51.7 Å². The summed E-state index contributed by atoms with van der Waals surface area (Å²) in [5, 5.41) is 5.64. The monoisotopic (exact) mass is 466 g/mol. The van der Waals surface area contributed by atoms with Gasteiger partial charge in [-0.2, -0.15) is 0 Å². The topological polar surface area (TPSA) is 58.6 Å². The van der Waals surface area contributed by atoms with Gasteiger partial charge in [-0.25, -0.2) is 4.90 Å². The number of ether oxygens (including phenoxy) is 1. The second-order valence-electron chi connectivity index (χ2n) is 7.91. The van der Waals surface area contributed by atoms with Gasteiger partial charge < -0.3 is 10.1 Å². The summed E-state index contributed by atoms with van der Waals surface area (Å²) in [6.45, 7) is 6.61. The Kier molecular flexibility index (Phi) is 6.35. The van der Waals surface area contributed by atoms with E-state index in [0.717, 1.165) is 10.4 Å². The van der Waals surface area contributed by atoms with Gasteiger partial charge in [-0.15, -0.1) is 11.3 Å². The highest BCUT2D eigenvalue weighted by Crippen LogP contribution is 2.37. The predicted molar refractivity (Wildman–Crippen MR) is 130 cm³/mol. The van der Waals surface area contributed by atoms with Gasteiger partial charge in [0.2, 0.25) is 0 Å². The molecule has 1 N–H and O–H groups in total. The average Bonchev–Trinajstić information content (AvgIpc) is 3.37. The van der Waals surface area contributed by atoms with Gasteiger partial charge in [0.05, 0.1) is 17.9 Å². The van der Waals surface area contributed by atoms with E-state index in [2.05, 4.69) is 19.2 Å². The Morgan fingerprint density at radius 1 is 1.03 bits per heavy atom. The summed E-state index contributed by atoms with van der Waals surface area (Å²) in [7, 11) is 0. The van der Waals surface area contributed by atoms with Gasteiger partial charge in [0, 0.05) is 15.6 Å². The molecule has 0 aliphatic carbocycles. The van der Waals surface area contributed by atoms with E-state index in [0.29, 0.717) is 40.2 Å². The molecule has 32 heavy (non-hydrogen) atoms. The number of carbonyl (C=O) groups excluding carboxylic acids is 2. The number of benzene rings is 2. The SMILES string of the molecule is Cc1c(Cl)cccc1NC1=C(c2cccs2)C(=O)N(c2ccc(OCC(C)C)cc2)C1=O. The lowest BCUT2D eigenvalue weighted by Crippen LogP contribution is -2.32. The molecule has 0 radical (unpaired) electrons. The quantitative estimate of drug-likeness (QED) is 0.425. The van der Waals surface area contributed by atoms with E-state index in [1.807, 2.05) is 30.5 Å². The number of hydrogen-bond donors (Lipinski definition) is 1. The number of hydrogen-bond acceptors (Lipinski definition) is 5. The van der Waals surface area contributed by atoms with Crippen LogP contribution >= 0.6 is 22.9 Å². The largest absolute Gasteiger partial charge is 0.493 e. The molecule has 7 heteroatoms. The van der Waals surface area contributed by atoms with Gasteiger partial charge in [0.15, 0.2) is 0 Å². The van der Waals surface area contributed by atoms with Crippen molar-refractivity contribution in [2.75, 3.05) is 16.8 Å². The maximum atomic E-state index is 13.4. The minimum absolute atomic E-state index is 0.239. The molecule has 0 spiro atoms. The second-order valence-corrected chi connectivity index (χ2v) is 9.26. The molecule has 2 heterocycles. The molecule has 0 fully saturated rings. The molecule has 2 amide bonds. The summed E-state index contributed by atoms with van der Waals surface area (Å²) >= 11 is 7.67. The Labute approximate surface area is 196 Å². The summed E-state index contributed by atoms with van der Waals surface area (Å²) in [4.78, 5) is 28.8. The van der Waals surface area contributed by atoms with E-state index < -0.39 is 5.91 Å². The first kappa shape index (κ1) is 22.1. The van der Waals surface area contributed by atoms with Gasteiger partial charge in [0.1, 0.15) is 11.4 Å². The van der Waals surface area contributed by atoms with Crippen LogP contribution in [0.15, 0.2) is 65.7 Å². The van der Waals surface area contributed by atoms with Crippen LogP contribution in [0.25, 0.3) is 5.57 Å². The molecule has 164 valence electrons. The first-order chi connectivity index (χ1) is 15.4. The zero-order chi connectivity index (χ0) is 22.8. The molecular weight excluding hydrogens is 444 g/mol. The molecule has 0 saturated carbocycles. The molecular formula is C25H23ClN2O3S. The molecule has 0 bridgehead atoms. The molecule has 0 atom stereocenters. The first-order valence-corrected chi connectivity index (χ1v) is 11.5. The molecule has 1 aromatic heterocycles. The Balaban J connectivity index is 1.69. The fourth-order valence-electron chi connectivity index (χ4n) is 3.36. The van der Waals surface area contributed by atoms with E-state index in [9.17, 15) is 9.59 Å². The van der Waals surface area contributed by atoms with Gasteiger partial charge in [0.25, 0.3) is 11.8 Å². The number of halogens is 1. The highest BCUT2D eigenvalue weighted by Gasteiger charge is 2.40. The van der Waals surface area contributed by atoms with Gasteiger partial charge in [-0.3, -0.25) is 9.59 Å². The lowest BCUT2D eigenvalue weighted by Gasteiger charge is -2.17. The van der Waals surface area contributed by atoms with Crippen molar-refractivity contribution in [3.05, 3.63) is 81.1 Å². The van der Waals surface area contributed by atoms with E-state index >= 15 is 0 Å². The van der Waals surface area contributed by atoms with Crippen molar-refractivity contribution in [3.63, 3.8) is 0 Å². The van der Waals surface area contributed by atoms with Gasteiger partial charge in [-0.05, 0) is 66.2 Å². The molecule has 1 aliphatic heterocycles. The molecule has 0 saturated heterocycles. The summed E-state index contributed by atoms with van der Waals surface area (Å²) in [6.07, 6.45) is 0. The number of thiophene rings is 1. The number of carbonyl (C=O) groups is 2. The Morgan fingerprint density at radius 3 is 2.44 bits per heavy atom. The number of rotatable bonds is 7. The summed E-state index contributed by atoms with van der Waals surface area (Å²) in [5.41, 5.74) is 2.57.